The van der Waals surface area contributed by atoms with E-state index in [0.29, 0.717) is 12.1 Å². The maximum atomic E-state index is 12.5. The van der Waals surface area contributed by atoms with E-state index < -0.39 is 11.7 Å². The number of nitrogens with one attached hydrogen (secondary N) is 1. The van der Waals surface area contributed by atoms with Gasteiger partial charge in [0.05, 0.1) is 12.1 Å². The fraction of sp³-hybridized carbons (Fsp3) is 0.182. The van der Waals surface area contributed by atoms with Crippen molar-refractivity contribution in [1.29, 1.82) is 0 Å². The molecule has 140 valence electrons. The maximum Gasteiger partial charge on any atom is 0.416 e. The fourth-order valence-electron chi connectivity index (χ4n) is 2.77. The van der Waals surface area contributed by atoms with E-state index in [0.717, 1.165) is 25.1 Å². The summed E-state index contributed by atoms with van der Waals surface area (Å²) in [4.78, 5) is 0. The monoisotopic (exact) mass is 389 g/mol. The molecule has 0 aromatic heterocycles. The van der Waals surface area contributed by atoms with Crippen LogP contribution in [0.1, 0.15) is 16.7 Å². The Hall–Kier alpha value is -2.48. The van der Waals surface area contributed by atoms with Crippen LogP contribution in [-0.4, -0.2) is 13.1 Å². The van der Waals surface area contributed by atoms with Crippen LogP contribution >= 0.6 is 12.4 Å². The van der Waals surface area contributed by atoms with Crippen molar-refractivity contribution in [2.45, 2.75) is 12.6 Å². The van der Waals surface area contributed by atoms with Crippen LogP contribution in [0.25, 0.3) is 10.8 Å². The number of benzene rings is 3. The summed E-state index contributed by atoms with van der Waals surface area (Å²) in [7, 11) is 0. The van der Waals surface area contributed by atoms with Crippen molar-refractivity contribution in [3.05, 3.63) is 83.4 Å². The Morgan fingerprint density at radius 3 is 2.30 bits per heavy atom. The highest BCUT2D eigenvalue weighted by Gasteiger charge is 2.29. The molecule has 1 nitrogen and oxygen atoms in total. The van der Waals surface area contributed by atoms with Crippen molar-refractivity contribution in [2.75, 3.05) is 13.1 Å². The molecule has 0 bridgehead atoms. The van der Waals surface area contributed by atoms with Gasteiger partial charge in [0.1, 0.15) is 0 Å². The number of alkyl halides is 3. The van der Waals surface area contributed by atoms with Crippen molar-refractivity contribution in [3.8, 4) is 11.8 Å². The lowest BCUT2D eigenvalue weighted by molar-refractivity contribution is -0.137. The van der Waals surface area contributed by atoms with Crippen LogP contribution in [0, 0.1) is 11.8 Å². The van der Waals surface area contributed by atoms with E-state index in [-0.39, 0.29) is 12.4 Å². The van der Waals surface area contributed by atoms with Gasteiger partial charge < -0.3 is 5.32 Å². The van der Waals surface area contributed by atoms with Gasteiger partial charge in [0.15, 0.2) is 0 Å². The molecule has 0 unspecified atom stereocenters. The second kappa shape index (κ2) is 9.45. The third-order valence-corrected chi connectivity index (χ3v) is 4.11. The highest BCUT2D eigenvalue weighted by molar-refractivity contribution is 5.86. The minimum absolute atomic E-state index is 0. The first-order valence-corrected chi connectivity index (χ1v) is 8.37. The average Bonchev–Trinajstić information content (AvgIpc) is 2.64. The number of hydrogen-bond donors (Lipinski definition) is 1. The average molecular weight is 390 g/mol. The molecule has 0 fully saturated rings. The molecular weight excluding hydrogens is 371 g/mol. The van der Waals surface area contributed by atoms with Gasteiger partial charge in [0.2, 0.25) is 0 Å². The van der Waals surface area contributed by atoms with Gasteiger partial charge in [-0.05, 0) is 47.0 Å². The molecule has 0 aliphatic rings. The molecule has 3 rings (SSSR count). The summed E-state index contributed by atoms with van der Waals surface area (Å²) in [5.74, 6) is 5.81. The van der Waals surface area contributed by atoms with Crippen LogP contribution in [0.2, 0.25) is 0 Å². The van der Waals surface area contributed by atoms with Gasteiger partial charge >= 0.3 is 6.18 Å². The Labute approximate surface area is 163 Å². The SMILES string of the molecule is Cl.FC(F)(F)c1ccc(C#CCNCCc2cccc3ccccc23)cc1. The predicted octanol–water partition coefficient (Wildman–Crippen LogP) is 5.46. The van der Waals surface area contributed by atoms with E-state index >= 15 is 0 Å². The Bertz CT molecular complexity index is 932. The summed E-state index contributed by atoms with van der Waals surface area (Å²) in [5, 5.41) is 5.74. The van der Waals surface area contributed by atoms with Gasteiger partial charge in [-0.3, -0.25) is 0 Å². The molecule has 0 aliphatic heterocycles. The molecule has 27 heavy (non-hydrogen) atoms. The molecule has 0 atom stereocenters. The lowest BCUT2D eigenvalue weighted by Gasteiger charge is -2.06. The number of hydrogen-bond acceptors (Lipinski definition) is 1. The molecular formula is C22H19ClF3N. The minimum atomic E-state index is -4.31. The van der Waals surface area contributed by atoms with Crippen LogP contribution in [0.5, 0.6) is 0 Å². The first-order valence-electron chi connectivity index (χ1n) is 8.37. The third kappa shape index (κ3) is 5.75. The van der Waals surface area contributed by atoms with E-state index in [9.17, 15) is 13.2 Å². The van der Waals surface area contributed by atoms with Crippen LogP contribution in [0.15, 0.2) is 66.7 Å². The van der Waals surface area contributed by atoms with Crippen molar-refractivity contribution < 1.29 is 13.2 Å². The van der Waals surface area contributed by atoms with Gasteiger partial charge in [-0.1, -0.05) is 54.3 Å². The normalized spacial score (nSPS) is 10.8. The largest absolute Gasteiger partial charge is 0.416 e. The fourth-order valence-corrected chi connectivity index (χ4v) is 2.77. The Kier molecular flexibility index (Phi) is 7.29. The van der Waals surface area contributed by atoms with Crippen LogP contribution in [0.3, 0.4) is 0 Å². The van der Waals surface area contributed by atoms with Crippen molar-refractivity contribution in [2.24, 2.45) is 0 Å². The first kappa shape index (κ1) is 20.8. The maximum absolute atomic E-state index is 12.5. The van der Waals surface area contributed by atoms with Gasteiger partial charge in [-0.25, -0.2) is 0 Å². The zero-order valence-electron chi connectivity index (χ0n) is 14.5. The molecule has 0 heterocycles. The third-order valence-electron chi connectivity index (χ3n) is 4.11. The molecule has 3 aromatic rings. The number of fused-ring (bicyclic) bond motifs is 1. The van der Waals surface area contributed by atoms with Gasteiger partial charge in [-0.15, -0.1) is 12.4 Å². The van der Waals surface area contributed by atoms with Crippen molar-refractivity contribution in [3.63, 3.8) is 0 Å². The Morgan fingerprint density at radius 1 is 0.852 bits per heavy atom. The van der Waals surface area contributed by atoms with Crippen LogP contribution in [0.4, 0.5) is 13.2 Å². The summed E-state index contributed by atoms with van der Waals surface area (Å²) >= 11 is 0. The summed E-state index contributed by atoms with van der Waals surface area (Å²) in [6, 6.07) is 19.5. The molecule has 3 aromatic carbocycles. The second-order valence-electron chi connectivity index (χ2n) is 5.94. The highest BCUT2D eigenvalue weighted by Crippen LogP contribution is 2.28. The lowest BCUT2D eigenvalue weighted by Crippen LogP contribution is -2.17. The summed E-state index contributed by atoms with van der Waals surface area (Å²) in [6.45, 7) is 1.28. The number of rotatable bonds is 4. The zero-order chi connectivity index (χ0) is 18.4. The standard InChI is InChI=1S/C22H18F3N.ClH/c23-22(24,25)20-12-10-17(11-13-20)5-4-15-26-16-14-19-8-3-7-18-6-1-2-9-21(18)19;/h1-3,6-13,26H,14-16H2;1H. The second-order valence-corrected chi connectivity index (χ2v) is 5.94. The highest BCUT2D eigenvalue weighted by atomic mass is 35.5. The van der Waals surface area contributed by atoms with Gasteiger partial charge in [-0.2, -0.15) is 13.2 Å². The molecule has 1 N–H and O–H groups in total. The predicted molar refractivity (Wildman–Crippen MR) is 106 cm³/mol. The molecule has 0 amide bonds. The lowest BCUT2D eigenvalue weighted by atomic mass is 10.0. The molecule has 0 radical (unpaired) electrons. The molecule has 0 aliphatic carbocycles. The zero-order valence-corrected chi connectivity index (χ0v) is 15.3. The molecule has 5 heteroatoms. The topological polar surface area (TPSA) is 12.0 Å². The van der Waals surface area contributed by atoms with E-state index in [1.165, 1.54) is 28.5 Å². The Morgan fingerprint density at radius 2 is 1.56 bits per heavy atom. The van der Waals surface area contributed by atoms with E-state index in [4.69, 9.17) is 0 Å². The molecule has 0 saturated carbocycles. The van der Waals surface area contributed by atoms with E-state index in [1.807, 2.05) is 12.1 Å². The van der Waals surface area contributed by atoms with E-state index in [1.54, 1.807) is 0 Å². The van der Waals surface area contributed by atoms with E-state index in [2.05, 4.69) is 47.5 Å². The van der Waals surface area contributed by atoms with Crippen LogP contribution in [-0.2, 0) is 12.6 Å². The summed E-state index contributed by atoms with van der Waals surface area (Å²) in [5.41, 5.74) is 1.21. The first-order chi connectivity index (χ1) is 12.5. The quantitative estimate of drug-likeness (QED) is 0.461. The molecule has 0 spiro atoms. The Balaban J connectivity index is 0.00000261. The summed E-state index contributed by atoms with van der Waals surface area (Å²) in [6.07, 6.45) is -3.42. The van der Waals surface area contributed by atoms with Crippen molar-refractivity contribution in [1.82, 2.24) is 5.32 Å². The number of halogens is 4. The minimum Gasteiger partial charge on any atom is -0.306 e. The van der Waals surface area contributed by atoms with Crippen LogP contribution < -0.4 is 5.32 Å². The van der Waals surface area contributed by atoms with Gasteiger partial charge in [0.25, 0.3) is 0 Å². The van der Waals surface area contributed by atoms with Gasteiger partial charge in [0, 0.05) is 12.1 Å². The summed E-state index contributed by atoms with van der Waals surface area (Å²) < 4.78 is 37.5. The van der Waals surface area contributed by atoms with Crippen molar-refractivity contribution >= 4 is 23.2 Å². The smallest absolute Gasteiger partial charge is 0.306 e. The molecule has 0 saturated heterocycles.